The van der Waals surface area contributed by atoms with Gasteiger partial charge in [-0.1, -0.05) is 47.0 Å². The summed E-state index contributed by atoms with van der Waals surface area (Å²) in [5.74, 6) is 0.608. The minimum atomic E-state index is -1.03. The fourth-order valence-corrected chi connectivity index (χ4v) is 4.05. The zero-order chi connectivity index (χ0) is 18.6. The molecule has 25 heavy (non-hydrogen) atoms. The molecule has 2 atom stereocenters. The molecule has 2 N–H and O–H groups in total. The molecule has 2 aliphatic rings. The predicted octanol–water partition coefficient (Wildman–Crippen LogP) is 4.01. The Bertz CT molecular complexity index is 518. The summed E-state index contributed by atoms with van der Waals surface area (Å²) in [4.78, 5) is 23.6. The van der Waals surface area contributed by atoms with Gasteiger partial charge in [0.25, 0.3) is 0 Å². The van der Waals surface area contributed by atoms with Crippen LogP contribution in [0, 0.1) is 11.3 Å². The maximum Gasteiger partial charge on any atom is 0.404 e. The second kappa shape index (κ2) is 8.19. The number of carbonyl (C=O) groups excluding carboxylic acids is 1. The van der Waals surface area contributed by atoms with Crippen molar-refractivity contribution in [3.8, 4) is 0 Å². The largest absolute Gasteiger partial charge is 0.465 e. The van der Waals surface area contributed by atoms with Crippen molar-refractivity contribution in [1.82, 2.24) is 10.3 Å². The Kier molecular flexibility index (Phi) is 6.47. The Balaban J connectivity index is 2.10. The summed E-state index contributed by atoms with van der Waals surface area (Å²) in [6, 6.07) is -0.0722. The standard InChI is InChI=1S/C19H33N3O3/c1-5-15(13-9-7-6-8-10-13)22-17(23)12-14(21-22)11-16(19(2,3)4)20-18(24)25/h13,15-16,20H,5-12H2,1-4H3,(H,24,25). The minimum absolute atomic E-state index is 0.0652. The highest BCUT2D eigenvalue weighted by atomic mass is 16.4. The molecule has 2 rings (SSSR count). The third kappa shape index (κ3) is 5.19. The number of carbonyl (C=O) groups is 2. The van der Waals surface area contributed by atoms with Gasteiger partial charge in [0, 0.05) is 12.5 Å². The molecule has 2 unspecified atom stereocenters. The van der Waals surface area contributed by atoms with E-state index in [1.165, 1.54) is 32.1 Å². The molecule has 0 bridgehead atoms. The topological polar surface area (TPSA) is 82.0 Å². The Morgan fingerprint density at radius 3 is 2.48 bits per heavy atom. The summed E-state index contributed by atoms with van der Waals surface area (Å²) in [6.45, 7) is 8.13. The second-order valence-electron chi connectivity index (χ2n) is 8.53. The lowest BCUT2D eigenvalue weighted by molar-refractivity contribution is -0.132. The second-order valence-corrected chi connectivity index (χ2v) is 8.53. The van der Waals surface area contributed by atoms with Crippen molar-refractivity contribution >= 4 is 17.7 Å². The van der Waals surface area contributed by atoms with Crippen LogP contribution in [0.25, 0.3) is 0 Å². The van der Waals surface area contributed by atoms with E-state index in [9.17, 15) is 9.59 Å². The molecular weight excluding hydrogens is 318 g/mol. The molecule has 1 saturated carbocycles. The normalized spacial score (nSPS) is 21.8. The zero-order valence-corrected chi connectivity index (χ0v) is 16.0. The van der Waals surface area contributed by atoms with Crippen molar-refractivity contribution < 1.29 is 14.7 Å². The molecular formula is C19H33N3O3. The number of amides is 2. The molecule has 1 heterocycles. The number of hydrazone groups is 1. The highest BCUT2D eigenvalue weighted by Crippen LogP contribution is 2.33. The summed E-state index contributed by atoms with van der Waals surface area (Å²) in [5, 5.41) is 18.0. The van der Waals surface area contributed by atoms with E-state index in [4.69, 9.17) is 5.11 Å². The van der Waals surface area contributed by atoms with Crippen LogP contribution in [-0.2, 0) is 4.79 Å². The molecule has 142 valence electrons. The van der Waals surface area contributed by atoms with E-state index < -0.39 is 6.09 Å². The average Bonchev–Trinajstić information content (AvgIpc) is 2.88. The maximum atomic E-state index is 12.6. The number of rotatable bonds is 6. The zero-order valence-electron chi connectivity index (χ0n) is 16.0. The lowest BCUT2D eigenvalue weighted by atomic mass is 9.82. The molecule has 6 nitrogen and oxygen atoms in total. The highest BCUT2D eigenvalue weighted by Gasteiger charge is 2.36. The van der Waals surface area contributed by atoms with Crippen LogP contribution in [0.2, 0.25) is 0 Å². The summed E-state index contributed by atoms with van der Waals surface area (Å²) in [7, 11) is 0. The van der Waals surface area contributed by atoms with Crippen LogP contribution in [0.5, 0.6) is 0 Å². The van der Waals surface area contributed by atoms with Crippen molar-refractivity contribution in [2.75, 3.05) is 0 Å². The minimum Gasteiger partial charge on any atom is -0.465 e. The van der Waals surface area contributed by atoms with Crippen LogP contribution < -0.4 is 5.32 Å². The van der Waals surface area contributed by atoms with Gasteiger partial charge in [-0.05, 0) is 30.6 Å². The lowest BCUT2D eigenvalue weighted by Gasteiger charge is -2.34. The molecule has 1 aliphatic carbocycles. The van der Waals surface area contributed by atoms with Crippen molar-refractivity contribution in [1.29, 1.82) is 0 Å². The fraction of sp³-hybridized carbons (Fsp3) is 0.842. The first-order chi connectivity index (χ1) is 11.7. The molecule has 0 aromatic rings. The third-order valence-electron chi connectivity index (χ3n) is 5.57. The first kappa shape index (κ1) is 19.7. The van der Waals surface area contributed by atoms with Crippen LogP contribution in [0.1, 0.15) is 79.1 Å². The van der Waals surface area contributed by atoms with Gasteiger partial charge in [0.05, 0.1) is 18.2 Å². The van der Waals surface area contributed by atoms with Crippen molar-refractivity contribution in [2.24, 2.45) is 16.4 Å². The van der Waals surface area contributed by atoms with E-state index in [1.807, 2.05) is 20.8 Å². The van der Waals surface area contributed by atoms with E-state index in [2.05, 4.69) is 17.3 Å². The van der Waals surface area contributed by atoms with E-state index in [0.29, 0.717) is 18.8 Å². The molecule has 1 fully saturated rings. The summed E-state index contributed by atoms with van der Waals surface area (Å²) in [5.41, 5.74) is 0.568. The number of nitrogens with zero attached hydrogens (tertiary/aromatic N) is 2. The van der Waals surface area contributed by atoms with Gasteiger partial charge in [-0.15, -0.1) is 0 Å². The van der Waals surface area contributed by atoms with Crippen LogP contribution in [0.15, 0.2) is 5.10 Å². The van der Waals surface area contributed by atoms with E-state index in [-0.39, 0.29) is 23.4 Å². The monoisotopic (exact) mass is 351 g/mol. The first-order valence-electron chi connectivity index (χ1n) is 9.60. The van der Waals surface area contributed by atoms with Crippen molar-refractivity contribution in [2.45, 2.75) is 91.1 Å². The van der Waals surface area contributed by atoms with Crippen LogP contribution in [-0.4, -0.2) is 39.9 Å². The van der Waals surface area contributed by atoms with Crippen LogP contribution in [0.4, 0.5) is 4.79 Å². The maximum absolute atomic E-state index is 12.6. The van der Waals surface area contributed by atoms with Gasteiger partial charge >= 0.3 is 6.09 Å². The third-order valence-corrected chi connectivity index (χ3v) is 5.57. The van der Waals surface area contributed by atoms with Gasteiger partial charge in [0.2, 0.25) is 5.91 Å². The number of nitrogens with one attached hydrogen (secondary N) is 1. The van der Waals surface area contributed by atoms with E-state index in [0.717, 1.165) is 12.1 Å². The quantitative estimate of drug-likeness (QED) is 0.758. The molecule has 0 aromatic heterocycles. The van der Waals surface area contributed by atoms with Gasteiger partial charge in [-0.2, -0.15) is 5.10 Å². The smallest absolute Gasteiger partial charge is 0.404 e. The van der Waals surface area contributed by atoms with Gasteiger partial charge in [-0.3, -0.25) is 4.79 Å². The molecule has 0 spiro atoms. The summed E-state index contributed by atoms with van der Waals surface area (Å²) < 4.78 is 0. The van der Waals surface area contributed by atoms with E-state index >= 15 is 0 Å². The molecule has 1 aliphatic heterocycles. The number of hydrogen-bond acceptors (Lipinski definition) is 3. The van der Waals surface area contributed by atoms with Crippen LogP contribution in [0.3, 0.4) is 0 Å². The van der Waals surface area contributed by atoms with Gasteiger partial charge < -0.3 is 10.4 Å². The van der Waals surface area contributed by atoms with Gasteiger partial charge in [0.1, 0.15) is 0 Å². The van der Waals surface area contributed by atoms with E-state index in [1.54, 1.807) is 5.01 Å². The van der Waals surface area contributed by atoms with Gasteiger partial charge in [0.15, 0.2) is 0 Å². The lowest BCUT2D eigenvalue weighted by Crippen LogP contribution is -2.44. The van der Waals surface area contributed by atoms with Gasteiger partial charge in [-0.25, -0.2) is 9.80 Å². The summed E-state index contributed by atoms with van der Waals surface area (Å²) >= 11 is 0. The predicted molar refractivity (Wildman–Crippen MR) is 98.6 cm³/mol. The Labute approximate surface area is 151 Å². The summed E-state index contributed by atoms with van der Waals surface area (Å²) in [6.07, 6.45) is 6.83. The number of hydrogen-bond donors (Lipinski definition) is 2. The van der Waals surface area contributed by atoms with Crippen LogP contribution >= 0.6 is 0 Å². The molecule has 0 radical (unpaired) electrons. The molecule has 0 saturated heterocycles. The van der Waals surface area contributed by atoms with Crippen molar-refractivity contribution in [3.63, 3.8) is 0 Å². The first-order valence-corrected chi connectivity index (χ1v) is 9.60. The average molecular weight is 351 g/mol. The van der Waals surface area contributed by atoms with Crippen molar-refractivity contribution in [3.05, 3.63) is 0 Å². The Morgan fingerprint density at radius 2 is 1.96 bits per heavy atom. The molecule has 6 heteroatoms. The highest BCUT2D eigenvalue weighted by molar-refractivity contribution is 6.05. The SMILES string of the molecule is CCC(C1CCCCC1)N1N=C(CC(NC(=O)O)C(C)(C)C)CC1=O. The Hall–Kier alpha value is -1.59. The molecule has 2 amide bonds. The number of carboxylic acid groups (broad SMARTS) is 1. The fourth-order valence-electron chi connectivity index (χ4n) is 4.05. The Morgan fingerprint density at radius 1 is 1.32 bits per heavy atom. The molecule has 0 aromatic carbocycles.